The minimum absolute atomic E-state index is 0.0130. The highest BCUT2D eigenvalue weighted by Crippen LogP contribution is 2.27. The van der Waals surface area contributed by atoms with Crippen LogP contribution in [0.4, 0.5) is 18.0 Å². The fourth-order valence-electron chi connectivity index (χ4n) is 2.46. The van der Waals surface area contributed by atoms with Gasteiger partial charge in [-0.3, -0.25) is 9.69 Å². The summed E-state index contributed by atoms with van der Waals surface area (Å²) in [4.78, 5) is 24.8. The number of hydrogen-bond acceptors (Lipinski definition) is 2. The van der Waals surface area contributed by atoms with Crippen LogP contribution in [-0.2, 0) is 10.2 Å². The average molecular weight is 314 g/mol. The highest BCUT2D eigenvalue weighted by atomic mass is 19.3. The zero-order chi connectivity index (χ0) is 16.5. The topological polar surface area (TPSA) is 49.4 Å². The van der Waals surface area contributed by atoms with Gasteiger partial charge in [-0.05, 0) is 17.7 Å². The number of alkyl halides is 2. The molecule has 0 unspecified atom stereocenters. The molecule has 2 rings (SSSR count). The molecule has 0 radical (unpaired) electrons. The summed E-state index contributed by atoms with van der Waals surface area (Å²) < 4.78 is 38.1. The number of benzene rings is 1. The van der Waals surface area contributed by atoms with Crippen LogP contribution < -0.4 is 5.32 Å². The summed E-state index contributed by atoms with van der Waals surface area (Å²) in [6.07, 6.45) is -3.38. The van der Waals surface area contributed by atoms with Crippen molar-refractivity contribution in [2.45, 2.75) is 38.2 Å². The van der Waals surface area contributed by atoms with Crippen LogP contribution >= 0.6 is 0 Å². The minimum Gasteiger partial charge on any atom is -0.326 e. The second-order valence-corrected chi connectivity index (χ2v) is 5.95. The molecular weight excluding hydrogens is 297 g/mol. The Balaban J connectivity index is 2.15. The highest BCUT2D eigenvalue weighted by Gasteiger charge is 2.41. The third kappa shape index (κ3) is 3.40. The van der Waals surface area contributed by atoms with Crippen molar-refractivity contribution in [3.05, 3.63) is 35.6 Å². The monoisotopic (exact) mass is 314 g/mol. The van der Waals surface area contributed by atoms with E-state index in [1.165, 1.54) is 18.2 Å². The van der Waals surface area contributed by atoms with E-state index in [2.05, 4.69) is 5.32 Å². The van der Waals surface area contributed by atoms with E-state index in [-0.39, 0.29) is 6.54 Å². The van der Waals surface area contributed by atoms with Crippen LogP contribution in [0.5, 0.6) is 0 Å². The van der Waals surface area contributed by atoms with Crippen LogP contribution in [0.2, 0.25) is 0 Å². The minimum atomic E-state index is -2.68. The van der Waals surface area contributed by atoms with Crippen molar-refractivity contribution < 1.29 is 22.8 Å². The van der Waals surface area contributed by atoms with E-state index in [0.717, 1.165) is 4.90 Å². The molecule has 0 aromatic heterocycles. The fraction of sp³-hybridized carbons (Fsp3) is 0.467. The molecule has 0 aliphatic carbocycles. The van der Waals surface area contributed by atoms with Crippen molar-refractivity contribution in [1.82, 2.24) is 10.2 Å². The first kappa shape index (κ1) is 16.3. The molecule has 7 heteroatoms. The van der Waals surface area contributed by atoms with Gasteiger partial charge in [0, 0.05) is 18.4 Å². The van der Waals surface area contributed by atoms with Crippen LogP contribution in [0, 0.1) is 5.82 Å². The Morgan fingerprint density at radius 3 is 2.59 bits per heavy atom. The third-order valence-electron chi connectivity index (χ3n) is 3.68. The number of amides is 3. The van der Waals surface area contributed by atoms with Gasteiger partial charge in [0.15, 0.2) is 0 Å². The van der Waals surface area contributed by atoms with Crippen LogP contribution in [-0.4, -0.2) is 35.9 Å². The lowest BCUT2D eigenvalue weighted by Crippen LogP contribution is -2.41. The van der Waals surface area contributed by atoms with E-state index < -0.39 is 42.1 Å². The molecule has 120 valence electrons. The van der Waals surface area contributed by atoms with Gasteiger partial charge in [-0.15, -0.1) is 0 Å². The zero-order valence-electron chi connectivity index (χ0n) is 12.3. The molecular formula is C15H17F3N2O2. The van der Waals surface area contributed by atoms with Crippen molar-refractivity contribution in [1.29, 1.82) is 0 Å². The summed E-state index contributed by atoms with van der Waals surface area (Å²) in [5.74, 6) is -1.09. The smallest absolute Gasteiger partial charge is 0.324 e. The number of rotatable bonds is 5. The maximum Gasteiger partial charge on any atom is 0.324 e. The van der Waals surface area contributed by atoms with Gasteiger partial charge in [-0.1, -0.05) is 26.0 Å². The predicted octanol–water partition coefficient (Wildman–Crippen LogP) is 2.68. The maximum absolute atomic E-state index is 13.3. The van der Waals surface area contributed by atoms with Gasteiger partial charge >= 0.3 is 6.03 Å². The highest BCUT2D eigenvalue weighted by molar-refractivity contribution is 6.04. The number of nitrogens with one attached hydrogen (secondary N) is 1. The summed E-state index contributed by atoms with van der Waals surface area (Å²) in [5, 5.41) is 2.25. The molecule has 1 aromatic rings. The molecule has 1 aliphatic rings. The van der Waals surface area contributed by atoms with Crippen molar-refractivity contribution in [2.24, 2.45) is 0 Å². The third-order valence-corrected chi connectivity index (χ3v) is 3.68. The lowest BCUT2D eigenvalue weighted by Gasteiger charge is -2.29. The van der Waals surface area contributed by atoms with E-state index in [0.29, 0.717) is 5.56 Å². The first-order chi connectivity index (χ1) is 10.2. The molecule has 1 heterocycles. The Hall–Kier alpha value is -2.05. The Labute approximate surface area is 126 Å². The van der Waals surface area contributed by atoms with Crippen molar-refractivity contribution in [2.75, 3.05) is 6.54 Å². The lowest BCUT2D eigenvalue weighted by molar-refractivity contribution is -0.128. The summed E-state index contributed by atoms with van der Waals surface area (Å²) >= 11 is 0. The van der Waals surface area contributed by atoms with Gasteiger partial charge in [-0.25, -0.2) is 18.0 Å². The van der Waals surface area contributed by atoms with Crippen LogP contribution in [0.25, 0.3) is 0 Å². The van der Waals surface area contributed by atoms with Gasteiger partial charge in [0.05, 0.1) is 0 Å². The molecule has 3 amide bonds. The summed E-state index contributed by atoms with van der Waals surface area (Å²) in [7, 11) is 0. The maximum atomic E-state index is 13.3. The standard InChI is InChI=1S/C15H17F3N2O2/c1-15(2,9-4-3-5-10(16)6-9)8-20-13(21)11(7-12(17)18)19-14(20)22/h3-6,11-12H,7-8H2,1-2H3,(H,19,22)/t11-/m0/s1. The second-order valence-electron chi connectivity index (χ2n) is 5.95. The number of hydrogen-bond donors (Lipinski definition) is 1. The molecule has 0 bridgehead atoms. The molecule has 22 heavy (non-hydrogen) atoms. The zero-order valence-corrected chi connectivity index (χ0v) is 12.3. The first-order valence-corrected chi connectivity index (χ1v) is 6.87. The van der Waals surface area contributed by atoms with E-state index in [4.69, 9.17) is 0 Å². The Morgan fingerprint density at radius 1 is 1.32 bits per heavy atom. The average Bonchev–Trinajstić information content (AvgIpc) is 2.65. The summed E-state index contributed by atoms with van der Waals surface area (Å²) in [6, 6.07) is 3.97. The number of halogens is 3. The Bertz CT molecular complexity index is 590. The molecule has 0 saturated carbocycles. The van der Waals surface area contributed by atoms with Gasteiger partial charge in [0.25, 0.3) is 5.91 Å². The molecule has 1 fully saturated rings. The van der Waals surface area contributed by atoms with E-state index in [9.17, 15) is 22.8 Å². The van der Waals surface area contributed by atoms with Gasteiger partial charge in [0.2, 0.25) is 6.43 Å². The quantitative estimate of drug-likeness (QED) is 0.850. The normalized spacial score (nSPS) is 19.0. The van der Waals surface area contributed by atoms with Gasteiger partial charge < -0.3 is 5.32 Å². The van der Waals surface area contributed by atoms with Crippen molar-refractivity contribution in [3.8, 4) is 0 Å². The lowest BCUT2D eigenvalue weighted by atomic mass is 9.84. The molecule has 1 saturated heterocycles. The molecule has 1 aromatic carbocycles. The number of imide groups is 1. The summed E-state index contributed by atoms with van der Waals surface area (Å²) in [5.41, 5.74) is -0.0835. The largest absolute Gasteiger partial charge is 0.326 e. The number of carbonyl (C=O) groups is 2. The SMILES string of the molecule is CC(C)(CN1C(=O)N[C@@H](CC(F)F)C1=O)c1cccc(F)c1. The number of urea groups is 1. The van der Waals surface area contributed by atoms with E-state index >= 15 is 0 Å². The second kappa shape index (κ2) is 5.98. The van der Waals surface area contributed by atoms with Crippen LogP contribution in [0.15, 0.2) is 24.3 Å². The van der Waals surface area contributed by atoms with Gasteiger partial charge in [0.1, 0.15) is 11.9 Å². The fourth-order valence-corrected chi connectivity index (χ4v) is 2.46. The molecule has 4 nitrogen and oxygen atoms in total. The van der Waals surface area contributed by atoms with Gasteiger partial charge in [-0.2, -0.15) is 0 Å². The molecule has 0 spiro atoms. The molecule has 1 N–H and O–H groups in total. The van der Waals surface area contributed by atoms with Crippen molar-refractivity contribution >= 4 is 11.9 Å². The first-order valence-electron chi connectivity index (χ1n) is 6.87. The van der Waals surface area contributed by atoms with Crippen molar-refractivity contribution in [3.63, 3.8) is 0 Å². The summed E-state index contributed by atoms with van der Waals surface area (Å²) in [6.45, 7) is 3.49. The number of nitrogens with zero attached hydrogens (tertiary/aromatic N) is 1. The van der Waals surface area contributed by atoms with E-state index in [1.807, 2.05) is 0 Å². The Morgan fingerprint density at radius 2 is 2.00 bits per heavy atom. The predicted molar refractivity (Wildman–Crippen MR) is 74.1 cm³/mol. The molecule has 1 atom stereocenters. The molecule has 1 aliphatic heterocycles. The number of carbonyl (C=O) groups excluding carboxylic acids is 2. The van der Waals surface area contributed by atoms with Crippen LogP contribution in [0.1, 0.15) is 25.8 Å². The van der Waals surface area contributed by atoms with E-state index in [1.54, 1.807) is 19.9 Å². The van der Waals surface area contributed by atoms with Crippen LogP contribution in [0.3, 0.4) is 0 Å². The Kier molecular flexibility index (Phi) is 4.44.